The van der Waals surface area contributed by atoms with Crippen molar-refractivity contribution in [2.45, 2.75) is 12.5 Å². The molecule has 0 spiro atoms. The summed E-state index contributed by atoms with van der Waals surface area (Å²) in [4.78, 5) is 21.7. The van der Waals surface area contributed by atoms with Crippen molar-refractivity contribution in [2.24, 2.45) is 0 Å². The monoisotopic (exact) mass is 246 g/mol. The third kappa shape index (κ3) is 4.65. The van der Waals surface area contributed by atoms with Crippen LogP contribution in [0.15, 0.2) is 55.1 Å². The SMILES string of the molecule is C=CCC(OC(=O)C=CC(=O)O)c1ccccc1. The van der Waals surface area contributed by atoms with Gasteiger partial charge < -0.3 is 9.84 Å². The number of aliphatic carboxylic acids is 1. The standard InChI is InChI=1S/C14H14O4/c1-2-6-12(11-7-4-3-5-8-11)18-14(17)10-9-13(15)16/h2-5,7-10,12H,1,6H2,(H,15,16). The highest BCUT2D eigenvalue weighted by Crippen LogP contribution is 2.21. The quantitative estimate of drug-likeness (QED) is 0.476. The maximum absolute atomic E-state index is 11.4. The van der Waals surface area contributed by atoms with E-state index in [0.29, 0.717) is 6.42 Å². The number of esters is 1. The van der Waals surface area contributed by atoms with Gasteiger partial charge in [0.2, 0.25) is 0 Å². The molecule has 18 heavy (non-hydrogen) atoms. The van der Waals surface area contributed by atoms with Crippen LogP contribution in [0.25, 0.3) is 0 Å². The predicted octanol–water partition coefficient (Wildman–Crippen LogP) is 2.49. The molecular formula is C14H14O4. The Kier molecular flexibility index (Phi) is 5.38. The van der Waals surface area contributed by atoms with Gasteiger partial charge >= 0.3 is 11.9 Å². The summed E-state index contributed by atoms with van der Waals surface area (Å²) in [5.41, 5.74) is 0.842. The number of carbonyl (C=O) groups is 2. The first kappa shape index (κ1) is 13.7. The van der Waals surface area contributed by atoms with Gasteiger partial charge in [0.1, 0.15) is 6.10 Å². The Balaban J connectivity index is 2.72. The molecular weight excluding hydrogens is 232 g/mol. The van der Waals surface area contributed by atoms with Gasteiger partial charge in [0.25, 0.3) is 0 Å². The van der Waals surface area contributed by atoms with Crippen LogP contribution in [-0.4, -0.2) is 17.0 Å². The number of carboxylic acid groups (broad SMARTS) is 1. The van der Waals surface area contributed by atoms with E-state index in [0.717, 1.165) is 17.7 Å². The first-order valence-electron chi connectivity index (χ1n) is 5.41. The van der Waals surface area contributed by atoms with Crippen molar-refractivity contribution in [3.05, 3.63) is 60.7 Å². The molecule has 0 saturated heterocycles. The summed E-state index contributed by atoms with van der Waals surface area (Å²) in [6.45, 7) is 3.60. The molecule has 1 N–H and O–H groups in total. The number of carboxylic acids is 1. The number of benzene rings is 1. The van der Waals surface area contributed by atoms with Crippen molar-refractivity contribution in [3.8, 4) is 0 Å². The lowest BCUT2D eigenvalue weighted by Crippen LogP contribution is -2.09. The van der Waals surface area contributed by atoms with Crippen molar-refractivity contribution in [1.82, 2.24) is 0 Å². The number of hydrogen-bond acceptors (Lipinski definition) is 3. The third-order valence-electron chi connectivity index (χ3n) is 2.17. The molecule has 4 heteroatoms. The van der Waals surface area contributed by atoms with E-state index in [-0.39, 0.29) is 0 Å². The minimum atomic E-state index is -1.19. The predicted molar refractivity (Wildman–Crippen MR) is 66.9 cm³/mol. The van der Waals surface area contributed by atoms with Gasteiger partial charge in [0, 0.05) is 18.6 Å². The van der Waals surface area contributed by atoms with E-state index in [9.17, 15) is 9.59 Å². The maximum Gasteiger partial charge on any atom is 0.331 e. The second kappa shape index (κ2) is 7.06. The molecule has 1 unspecified atom stereocenters. The number of hydrogen-bond donors (Lipinski definition) is 1. The van der Waals surface area contributed by atoms with Gasteiger partial charge in [-0.2, -0.15) is 0 Å². The summed E-state index contributed by atoms with van der Waals surface area (Å²) < 4.78 is 5.17. The van der Waals surface area contributed by atoms with Crippen LogP contribution in [0.4, 0.5) is 0 Å². The highest BCUT2D eigenvalue weighted by molar-refractivity contribution is 5.90. The fourth-order valence-electron chi connectivity index (χ4n) is 1.39. The molecule has 1 aromatic rings. The Labute approximate surface area is 105 Å². The molecule has 0 amide bonds. The summed E-state index contributed by atoms with van der Waals surface area (Å²) in [6, 6.07) is 9.21. The summed E-state index contributed by atoms with van der Waals surface area (Å²) in [5, 5.41) is 8.41. The largest absolute Gasteiger partial charge is 0.478 e. The van der Waals surface area contributed by atoms with Crippen molar-refractivity contribution in [1.29, 1.82) is 0 Å². The maximum atomic E-state index is 11.4. The normalized spacial score (nSPS) is 12.0. The van der Waals surface area contributed by atoms with Gasteiger partial charge in [0.05, 0.1) is 0 Å². The Bertz CT molecular complexity index is 448. The molecule has 0 saturated carbocycles. The molecule has 0 bridgehead atoms. The molecule has 4 nitrogen and oxygen atoms in total. The fraction of sp³-hybridized carbons (Fsp3) is 0.143. The van der Waals surface area contributed by atoms with Gasteiger partial charge in [0.15, 0.2) is 0 Å². The minimum Gasteiger partial charge on any atom is -0.478 e. The molecule has 0 aromatic heterocycles. The molecule has 1 atom stereocenters. The Morgan fingerprint density at radius 2 is 1.94 bits per heavy atom. The van der Waals surface area contributed by atoms with Gasteiger partial charge in [-0.05, 0) is 5.56 Å². The molecule has 0 fully saturated rings. The van der Waals surface area contributed by atoms with Crippen LogP contribution in [0.5, 0.6) is 0 Å². The van der Waals surface area contributed by atoms with Crippen LogP contribution in [0, 0.1) is 0 Å². The van der Waals surface area contributed by atoms with Crippen molar-refractivity contribution >= 4 is 11.9 Å². The van der Waals surface area contributed by atoms with Crippen LogP contribution >= 0.6 is 0 Å². The number of rotatable bonds is 6. The van der Waals surface area contributed by atoms with Crippen LogP contribution in [-0.2, 0) is 14.3 Å². The molecule has 0 radical (unpaired) electrons. The van der Waals surface area contributed by atoms with Crippen molar-refractivity contribution in [3.63, 3.8) is 0 Å². The number of ether oxygens (including phenoxy) is 1. The van der Waals surface area contributed by atoms with Crippen molar-refractivity contribution < 1.29 is 19.4 Å². The van der Waals surface area contributed by atoms with E-state index in [2.05, 4.69) is 6.58 Å². The highest BCUT2D eigenvalue weighted by atomic mass is 16.5. The third-order valence-corrected chi connectivity index (χ3v) is 2.17. The number of carbonyl (C=O) groups excluding carboxylic acids is 1. The highest BCUT2D eigenvalue weighted by Gasteiger charge is 2.13. The Morgan fingerprint density at radius 1 is 1.28 bits per heavy atom. The van der Waals surface area contributed by atoms with Crippen LogP contribution < -0.4 is 0 Å². The summed E-state index contributed by atoms with van der Waals surface area (Å²) in [6.07, 6.45) is 3.30. The summed E-state index contributed by atoms with van der Waals surface area (Å²) >= 11 is 0. The first-order valence-corrected chi connectivity index (χ1v) is 5.41. The smallest absolute Gasteiger partial charge is 0.331 e. The molecule has 94 valence electrons. The molecule has 0 aliphatic heterocycles. The lowest BCUT2D eigenvalue weighted by molar-refractivity contribution is -0.143. The average molecular weight is 246 g/mol. The zero-order valence-electron chi connectivity index (χ0n) is 9.78. The molecule has 1 aromatic carbocycles. The van der Waals surface area contributed by atoms with E-state index < -0.39 is 18.0 Å². The van der Waals surface area contributed by atoms with Gasteiger partial charge in [-0.25, -0.2) is 9.59 Å². The van der Waals surface area contributed by atoms with Crippen LogP contribution in [0.1, 0.15) is 18.1 Å². The lowest BCUT2D eigenvalue weighted by Gasteiger charge is -2.15. The van der Waals surface area contributed by atoms with E-state index in [1.165, 1.54) is 0 Å². The van der Waals surface area contributed by atoms with Crippen LogP contribution in [0.3, 0.4) is 0 Å². The topological polar surface area (TPSA) is 63.6 Å². The molecule has 0 heterocycles. The Morgan fingerprint density at radius 3 is 2.50 bits per heavy atom. The van der Waals surface area contributed by atoms with Gasteiger partial charge in [-0.1, -0.05) is 36.4 Å². The van der Waals surface area contributed by atoms with Crippen LogP contribution in [0.2, 0.25) is 0 Å². The zero-order chi connectivity index (χ0) is 13.4. The lowest BCUT2D eigenvalue weighted by atomic mass is 10.1. The van der Waals surface area contributed by atoms with Gasteiger partial charge in [-0.3, -0.25) is 0 Å². The molecule has 0 aliphatic rings. The second-order valence-corrected chi connectivity index (χ2v) is 3.53. The Hall–Kier alpha value is -2.36. The van der Waals surface area contributed by atoms with E-state index in [1.807, 2.05) is 30.3 Å². The summed E-state index contributed by atoms with van der Waals surface area (Å²) in [5.74, 6) is -1.87. The van der Waals surface area contributed by atoms with E-state index in [4.69, 9.17) is 9.84 Å². The van der Waals surface area contributed by atoms with Gasteiger partial charge in [-0.15, -0.1) is 6.58 Å². The van der Waals surface area contributed by atoms with Crippen molar-refractivity contribution in [2.75, 3.05) is 0 Å². The first-order chi connectivity index (χ1) is 8.63. The average Bonchev–Trinajstić information content (AvgIpc) is 2.37. The minimum absolute atomic E-state index is 0.449. The van der Waals surface area contributed by atoms with E-state index >= 15 is 0 Å². The second-order valence-electron chi connectivity index (χ2n) is 3.53. The fourth-order valence-corrected chi connectivity index (χ4v) is 1.39. The zero-order valence-corrected chi connectivity index (χ0v) is 9.78. The molecule has 1 rings (SSSR count). The summed E-state index contributed by atoms with van der Waals surface area (Å²) in [7, 11) is 0. The van der Waals surface area contributed by atoms with E-state index in [1.54, 1.807) is 6.08 Å². The molecule has 0 aliphatic carbocycles.